The molecule has 158 valence electrons. The van der Waals surface area contributed by atoms with Gasteiger partial charge in [-0.2, -0.15) is 0 Å². The summed E-state index contributed by atoms with van der Waals surface area (Å²) in [5.41, 5.74) is 0.445. The lowest BCUT2D eigenvalue weighted by Crippen LogP contribution is -2.54. The third-order valence-corrected chi connectivity index (χ3v) is 7.64. The van der Waals surface area contributed by atoms with Crippen molar-refractivity contribution in [1.29, 1.82) is 0 Å². The molecule has 0 saturated carbocycles. The Morgan fingerprint density at radius 2 is 1.97 bits per heavy atom. The maximum absolute atomic E-state index is 13.8. The molecule has 4 atom stereocenters. The van der Waals surface area contributed by atoms with Crippen molar-refractivity contribution in [3.05, 3.63) is 51.6 Å². The Labute approximate surface area is 188 Å². The summed E-state index contributed by atoms with van der Waals surface area (Å²) >= 11 is 12.7. The predicted molar refractivity (Wildman–Crippen MR) is 115 cm³/mol. The molecule has 6 rings (SSSR count). The van der Waals surface area contributed by atoms with Crippen molar-refractivity contribution >= 4 is 52.4 Å². The average Bonchev–Trinajstić information content (AvgIpc) is 3.41. The number of anilines is 2. The second-order valence-electron chi connectivity index (χ2n) is 8.59. The van der Waals surface area contributed by atoms with E-state index in [2.05, 4.69) is 10.3 Å². The summed E-state index contributed by atoms with van der Waals surface area (Å²) < 4.78 is 0. The van der Waals surface area contributed by atoms with Gasteiger partial charge in [-0.1, -0.05) is 29.3 Å². The topological polar surface area (TPSA) is 82.6 Å². The zero-order valence-electron chi connectivity index (χ0n) is 16.6. The van der Waals surface area contributed by atoms with E-state index < -0.39 is 23.3 Å². The van der Waals surface area contributed by atoms with Gasteiger partial charge in [-0.05, 0) is 50.6 Å². The van der Waals surface area contributed by atoms with Crippen LogP contribution >= 0.6 is 23.2 Å². The SMILES string of the molecule is Cc1cccc(N2C(=O)C3C4CCCN4C4(C(=O)Nc5c(Cl)cc(Cl)cc54)C3C2=O)n1. The predicted octanol–water partition coefficient (Wildman–Crippen LogP) is 3.13. The van der Waals surface area contributed by atoms with Crippen LogP contribution in [0.1, 0.15) is 24.1 Å². The number of fused-ring (bicyclic) bond motifs is 7. The van der Waals surface area contributed by atoms with Crippen LogP contribution in [0.4, 0.5) is 11.5 Å². The Morgan fingerprint density at radius 1 is 1.16 bits per heavy atom. The molecule has 31 heavy (non-hydrogen) atoms. The van der Waals surface area contributed by atoms with Gasteiger partial charge in [0.25, 0.3) is 5.91 Å². The van der Waals surface area contributed by atoms with E-state index in [0.29, 0.717) is 39.4 Å². The van der Waals surface area contributed by atoms with Gasteiger partial charge in [0.1, 0.15) is 11.4 Å². The molecule has 3 amide bonds. The second kappa shape index (κ2) is 6.28. The largest absolute Gasteiger partial charge is 0.323 e. The number of carbonyl (C=O) groups excluding carboxylic acids is 3. The highest BCUT2D eigenvalue weighted by atomic mass is 35.5. The molecule has 0 radical (unpaired) electrons. The highest BCUT2D eigenvalue weighted by molar-refractivity contribution is 6.38. The summed E-state index contributed by atoms with van der Waals surface area (Å²) in [6.45, 7) is 2.43. The first-order valence-electron chi connectivity index (χ1n) is 10.2. The molecule has 0 aliphatic carbocycles. The van der Waals surface area contributed by atoms with E-state index in [0.717, 1.165) is 17.7 Å². The lowest BCUT2D eigenvalue weighted by Gasteiger charge is -2.36. The molecule has 3 fully saturated rings. The van der Waals surface area contributed by atoms with Gasteiger partial charge in [0, 0.05) is 22.3 Å². The van der Waals surface area contributed by atoms with Crippen LogP contribution in [-0.2, 0) is 19.9 Å². The van der Waals surface area contributed by atoms with Crippen molar-refractivity contribution < 1.29 is 14.4 Å². The van der Waals surface area contributed by atoms with Crippen LogP contribution in [0.25, 0.3) is 0 Å². The van der Waals surface area contributed by atoms with E-state index in [-0.39, 0.29) is 17.9 Å². The molecule has 3 saturated heterocycles. The second-order valence-corrected chi connectivity index (χ2v) is 9.43. The van der Waals surface area contributed by atoms with E-state index in [1.807, 2.05) is 4.90 Å². The summed E-state index contributed by atoms with van der Waals surface area (Å²) in [5, 5.41) is 3.58. The smallest absolute Gasteiger partial charge is 0.250 e. The molecule has 5 heterocycles. The first-order chi connectivity index (χ1) is 14.9. The summed E-state index contributed by atoms with van der Waals surface area (Å²) in [6, 6.07) is 8.29. The number of nitrogens with zero attached hydrogens (tertiary/aromatic N) is 3. The summed E-state index contributed by atoms with van der Waals surface area (Å²) in [7, 11) is 0. The molecule has 1 spiro atoms. The Bertz CT molecular complexity index is 1200. The van der Waals surface area contributed by atoms with Crippen LogP contribution in [0.15, 0.2) is 30.3 Å². The van der Waals surface area contributed by atoms with Crippen molar-refractivity contribution in [1.82, 2.24) is 9.88 Å². The van der Waals surface area contributed by atoms with Crippen LogP contribution in [0.2, 0.25) is 10.0 Å². The molecule has 1 N–H and O–H groups in total. The van der Waals surface area contributed by atoms with Gasteiger partial charge in [-0.25, -0.2) is 9.88 Å². The maximum Gasteiger partial charge on any atom is 0.250 e. The van der Waals surface area contributed by atoms with Crippen molar-refractivity contribution in [2.24, 2.45) is 11.8 Å². The Hall–Kier alpha value is -2.48. The van der Waals surface area contributed by atoms with E-state index in [4.69, 9.17) is 23.2 Å². The molecule has 1 aromatic heterocycles. The summed E-state index contributed by atoms with van der Waals surface area (Å²) in [5.74, 6) is -2.20. The zero-order valence-corrected chi connectivity index (χ0v) is 18.1. The Morgan fingerprint density at radius 3 is 2.74 bits per heavy atom. The fourth-order valence-corrected chi connectivity index (χ4v) is 6.65. The van der Waals surface area contributed by atoms with Gasteiger partial charge in [-0.3, -0.25) is 19.3 Å². The number of benzene rings is 1. The number of hydrogen-bond acceptors (Lipinski definition) is 5. The molecule has 4 aliphatic heterocycles. The van der Waals surface area contributed by atoms with Crippen molar-refractivity contribution in [3.8, 4) is 0 Å². The lowest BCUT2D eigenvalue weighted by molar-refractivity contribution is -0.135. The summed E-state index contributed by atoms with van der Waals surface area (Å²) in [4.78, 5) is 48.6. The molecule has 9 heteroatoms. The standard InChI is InChI=1S/C22H18Cl2N4O3/c1-10-4-2-6-15(25-10)28-19(29)16-14-5-3-7-27(14)22(17(16)20(28)30)12-8-11(23)9-13(24)18(12)26-21(22)31/h2,4,6,8-9,14,16-17H,3,5,7H2,1H3,(H,26,31). The molecule has 0 bridgehead atoms. The third kappa shape index (κ3) is 2.24. The minimum absolute atomic E-state index is 0.203. The van der Waals surface area contributed by atoms with Gasteiger partial charge >= 0.3 is 0 Å². The van der Waals surface area contributed by atoms with Crippen molar-refractivity contribution in [2.45, 2.75) is 31.3 Å². The van der Waals surface area contributed by atoms with Crippen LogP contribution in [0.5, 0.6) is 0 Å². The minimum Gasteiger partial charge on any atom is -0.323 e. The highest BCUT2D eigenvalue weighted by Gasteiger charge is 2.75. The van der Waals surface area contributed by atoms with E-state index in [9.17, 15) is 14.4 Å². The number of nitrogens with one attached hydrogen (secondary N) is 1. The number of aryl methyl sites for hydroxylation is 1. The number of rotatable bonds is 1. The van der Waals surface area contributed by atoms with Crippen LogP contribution in [0, 0.1) is 18.8 Å². The highest BCUT2D eigenvalue weighted by Crippen LogP contribution is 2.61. The van der Waals surface area contributed by atoms with Crippen molar-refractivity contribution in [2.75, 3.05) is 16.8 Å². The zero-order chi connectivity index (χ0) is 21.7. The molecular formula is C22H18Cl2N4O3. The fraction of sp³-hybridized carbons (Fsp3) is 0.364. The number of aromatic nitrogens is 1. The normalized spacial score (nSPS) is 31.4. The molecule has 1 aromatic carbocycles. The quantitative estimate of drug-likeness (QED) is 0.666. The number of imide groups is 1. The van der Waals surface area contributed by atoms with Crippen LogP contribution in [-0.4, -0.2) is 40.2 Å². The third-order valence-electron chi connectivity index (χ3n) is 7.12. The number of amides is 3. The maximum atomic E-state index is 13.8. The van der Waals surface area contributed by atoms with E-state index in [1.54, 1.807) is 37.3 Å². The molecular weight excluding hydrogens is 439 g/mol. The minimum atomic E-state index is -1.30. The van der Waals surface area contributed by atoms with Crippen LogP contribution < -0.4 is 10.2 Å². The van der Waals surface area contributed by atoms with Crippen molar-refractivity contribution in [3.63, 3.8) is 0 Å². The number of carbonyl (C=O) groups is 3. The molecule has 4 aliphatic rings. The molecule has 7 nitrogen and oxygen atoms in total. The number of hydrogen-bond donors (Lipinski definition) is 1. The van der Waals surface area contributed by atoms with Gasteiger partial charge < -0.3 is 5.32 Å². The van der Waals surface area contributed by atoms with Gasteiger partial charge in [0.15, 0.2) is 0 Å². The first kappa shape index (κ1) is 19.2. The molecule has 4 unspecified atom stereocenters. The molecule has 2 aromatic rings. The van der Waals surface area contributed by atoms with Gasteiger partial charge in [0.2, 0.25) is 11.8 Å². The average molecular weight is 457 g/mol. The van der Waals surface area contributed by atoms with Gasteiger partial charge in [0.05, 0.1) is 22.5 Å². The monoisotopic (exact) mass is 456 g/mol. The number of halogens is 2. The number of pyridine rings is 1. The van der Waals surface area contributed by atoms with E-state index >= 15 is 0 Å². The Balaban J connectivity index is 1.58. The van der Waals surface area contributed by atoms with Crippen LogP contribution in [0.3, 0.4) is 0 Å². The summed E-state index contributed by atoms with van der Waals surface area (Å²) in [6.07, 6.45) is 1.59. The van der Waals surface area contributed by atoms with E-state index in [1.165, 1.54) is 0 Å². The lowest BCUT2D eigenvalue weighted by atomic mass is 9.75. The Kier molecular flexibility index (Phi) is 3.89. The first-order valence-corrected chi connectivity index (χ1v) is 11.0. The fourth-order valence-electron chi connectivity index (χ4n) is 6.11. The van der Waals surface area contributed by atoms with Gasteiger partial charge in [-0.15, -0.1) is 0 Å².